The highest BCUT2D eigenvalue weighted by molar-refractivity contribution is 5.69. The Balaban J connectivity index is 2.56. The lowest BCUT2D eigenvalue weighted by Crippen LogP contribution is -2.23. The standard InChI is InChI=1S/C14H17FN2O2/c1-3-19-13(18)7-8-17(2)10-12-6-4-5-11(9-16)14(12)15/h4-6H,3,7-8,10H2,1-2H3. The van der Waals surface area contributed by atoms with Gasteiger partial charge in [-0.05, 0) is 20.0 Å². The lowest BCUT2D eigenvalue weighted by atomic mass is 10.1. The minimum Gasteiger partial charge on any atom is -0.466 e. The van der Waals surface area contributed by atoms with Crippen molar-refractivity contribution in [2.24, 2.45) is 0 Å². The Morgan fingerprint density at radius 3 is 2.89 bits per heavy atom. The highest BCUT2D eigenvalue weighted by atomic mass is 19.1. The number of hydrogen-bond acceptors (Lipinski definition) is 4. The molecule has 102 valence electrons. The van der Waals surface area contributed by atoms with Crippen molar-refractivity contribution in [3.8, 4) is 6.07 Å². The number of esters is 1. The Labute approximate surface area is 112 Å². The molecule has 1 aromatic carbocycles. The highest BCUT2D eigenvalue weighted by Gasteiger charge is 2.11. The number of nitriles is 1. The Hall–Kier alpha value is -1.93. The van der Waals surface area contributed by atoms with E-state index in [1.165, 1.54) is 6.07 Å². The third-order valence-electron chi connectivity index (χ3n) is 2.64. The average Bonchev–Trinajstić information content (AvgIpc) is 2.39. The highest BCUT2D eigenvalue weighted by Crippen LogP contribution is 2.13. The lowest BCUT2D eigenvalue weighted by molar-refractivity contribution is -0.143. The number of nitrogens with zero attached hydrogens (tertiary/aromatic N) is 2. The maximum Gasteiger partial charge on any atom is 0.307 e. The first-order valence-corrected chi connectivity index (χ1v) is 6.10. The van der Waals surface area contributed by atoms with Gasteiger partial charge in [-0.25, -0.2) is 4.39 Å². The summed E-state index contributed by atoms with van der Waals surface area (Å²) in [6.45, 7) is 2.95. The molecule has 1 aromatic rings. The number of hydrogen-bond donors (Lipinski definition) is 0. The summed E-state index contributed by atoms with van der Waals surface area (Å²) in [4.78, 5) is 13.0. The maximum atomic E-state index is 13.8. The molecular weight excluding hydrogens is 247 g/mol. The second-order valence-corrected chi connectivity index (χ2v) is 4.18. The predicted octanol–water partition coefficient (Wildman–Crippen LogP) is 2.08. The number of halogens is 1. The van der Waals surface area contributed by atoms with Gasteiger partial charge >= 0.3 is 5.97 Å². The summed E-state index contributed by atoms with van der Waals surface area (Å²) in [5.74, 6) is -0.756. The normalized spacial score (nSPS) is 10.3. The summed E-state index contributed by atoms with van der Waals surface area (Å²) in [7, 11) is 1.79. The van der Waals surface area contributed by atoms with Gasteiger partial charge in [0.15, 0.2) is 0 Å². The third kappa shape index (κ3) is 4.68. The number of benzene rings is 1. The van der Waals surface area contributed by atoms with Gasteiger partial charge in [-0.3, -0.25) is 4.79 Å². The molecule has 0 N–H and O–H groups in total. The topological polar surface area (TPSA) is 53.3 Å². The van der Waals surface area contributed by atoms with E-state index < -0.39 is 5.82 Å². The molecule has 0 spiro atoms. The zero-order chi connectivity index (χ0) is 14.3. The van der Waals surface area contributed by atoms with E-state index in [4.69, 9.17) is 10.00 Å². The van der Waals surface area contributed by atoms with Crippen LogP contribution in [0.4, 0.5) is 4.39 Å². The van der Waals surface area contributed by atoms with Crippen molar-refractivity contribution in [2.45, 2.75) is 19.9 Å². The van der Waals surface area contributed by atoms with Gasteiger partial charge in [-0.15, -0.1) is 0 Å². The van der Waals surface area contributed by atoms with Crippen molar-refractivity contribution in [3.05, 3.63) is 35.1 Å². The van der Waals surface area contributed by atoms with E-state index in [1.807, 2.05) is 11.0 Å². The number of carbonyl (C=O) groups excluding carboxylic acids is 1. The average molecular weight is 264 g/mol. The SMILES string of the molecule is CCOC(=O)CCN(C)Cc1cccc(C#N)c1F. The molecule has 5 heteroatoms. The lowest BCUT2D eigenvalue weighted by Gasteiger charge is -2.16. The largest absolute Gasteiger partial charge is 0.466 e. The van der Waals surface area contributed by atoms with Gasteiger partial charge in [-0.1, -0.05) is 12.1 Å². The van der Waals surface area contributed by atoms with Crippen LogP contribution >= 0.6 is 0 Å². The molecule has 0 amide bonds. The Bertz CT molecular complexity index is 483. The minimum atomic E-state index is -0.493. The van der Waals surface area contributed by atoms with Crippen LogP contribution in [0.1, 0.15) is 24.5 Å². The zero-order valence-electron chi connectivity index (χ0n) is 11.1. The van der Waals surface area contributed by atoms with E-state index in [9.17, 15) is 9.18 Å². The molecule has 0 aliphatic heterocycles. The molecule has 0 radical (unpaired) electrons. The summed E-state index contributed by atoms with van der Waals surface area (Å²) in [6, 6.07) is 6.54. The van der Waals surface area contributed by atoms with Crippen LogP contribution < -0.4 is 0 Å². The van der Waals surface area contributed by atoms with E-state index in [1.54, 1.807) is 26.1 Å². The van der Waals surface area contributed by atoms with Crippen LogP contribution in [-0.4, -0.2) is 31.1 Å². The predicted molar refractivity (Wildman–Crippen MR) is 68.7 cm³/mol. The van der Waals surface area contributed by atoms with E-state index >= 15 is 0 Å². The fourth-order valence-corrected chi connectivity index (χ4v) is 1.67. The van der Waals surface area contributed by atoms with Gasteiger partial charge in [-0.2, -0.15) is 5.26 Å². The molecule has 0 atom stereocenters. The Morgan fingerprint density at radius 1 is 1.53 bits per heavy atom. The first kappa shape index (κ1) is 15.1. The van der Waals surface area contributed by atoms with Gasteiger partial charge in [0, 0.05) is 18.7 Å². The van der Waals surface area contributed by atoms with Crippen molar-refractivity contribution in [3.63, 3.8) is 0 Å². The van der Waals surface area contributed by atoms with E-state index in [0.29, 0.717) is 25.3 Å². The number of rotatable bonds is 6. The molecule has 0 saturated carbocycles. The van der Waals surface area contributed by atoms with Crippen LogP contribution in [0.15, 0.2) is 18.2 Å². The first-order chi connectivity index (χ1) is 9.08. The summed E-state index contributed by atoms with van der Waals surface area (Å²) in [5.41, 5.74) is 0.488. The fraction of sp³-hybridized carbons (Fsp3) is 0.429. The van der Waals surface area contributed by atoms with Crippen LogP contribution in [-0.2, 0) is 16.1 Å². The van der Waals surface area contributed by atoms with Crippen molar-refractivity contribution in [1.82, 2.24) is 4.90 Å². The summed E-state index contributed by atoms with van der Waals surface area (Å²) < 4.78 is 18.6. The zero-order valence-corrected chi connectivity index (χ0v) is 11.1. The number of ether oxygens (including phenoxy) is 1. The van der Waals surface area contributed by atoms with Crippen LogP contribution in [0, 0.1) is 17.1 Å². The summed E-state index contributed by atoms with van der Waals surface area (Å²) in [5, 5.41) is 8.75. The molecule has 0 aliphatic carbocycles. The molecule has 4 nitrogen and oxygen atoms in total. The molecular formula is C14H17FN2O2. The van der Waals surface area contributed by atoms with E-state index in [-0.39, 0.29) is 18.0 Å². The van der Waals surface area contributed by atoms with Crippen molar-refractivity contribution in [1.29, 1.82) is 5.26 Å². The molecule has 0 heterocycles. The summed E-state index contributed by atoms with van der Waals surface area (Å²) in [6.07, 6.45) is 0.268. The molecule has 0 unspecified atom stereocenters. The van der Waals surface area contributed by atoms with Crippen LogP contribution in [0.5, 0.6) is 0 Å². The first-order valence-electron chi connectivity index (χ1n) is 6.10. The van der Waals surface area contributed by atoms with E-state index in [0.717, 1.165) is 0 Å². The fourth-order valence-electron chi connectivity index (χ4n) is 1.67. The maximum absolute atomic E-state index is 13.8. The molecule has 1 rings (SSSR count). The number of carbonyl (C=O) groups is 1. The van der Waals surface area contributed by atoms with Crippen LogP contribution in [0.25, 0.3) is 0 Å². The second-order valence-electron chi connectivity index (χ2n) is 4.18. The smallest absolute Gasteiger partial charge is 0.307 e. The quantitative estimate of drug-likeness (QED) is 0.738. The Morgan fingerprint density at radius 2 is 2.26 bits per heavy atom. The van der Waals surface area contributed by atoms with Crippen LogP contribution in [0.3, 0.4) is 0 Å². The minimum absolute atomic E-state index is 0.0382. The van der Waals surface area contributed by atoms with Gasteiger partial charge in [0.05, 0.1) is 18.6 Å². The molecule has 0 saturated heterocycles. The van der Waals surface area contributed by atoms with Crippen molar-refractivity contribution >= 4 is 5.97 Å². The van der Waals surface area contributed by atoms with Gasteiger partial charge < -0.3 is 9.64 Å². The second kappa shape index (κ2) is 7.49. The Kier molecular flexibility index (Phi) is 5.97. The van der Waals surface area contributed by atoms with Gasteiger partial charge in [0.25, 0.3) is 0 Å². The molecule has 0 fully saturated rings. The van der Waals surface area contributed by atoms with E-state index in [2.05, 4.69) is 0 Å². The van der Waals surface area contributed by atoms with Crippen molar-refractivity contribution in [2.75, 3.05) is 20.2 Å². The third-order valence-corrected chi connectivity index (χ3v) is 2.64. The summed E-state index contributed by atoms with van der Waals surface area (Å²) >= 11 is 0. The van der Waals surface area contributed by atoms with Gasteiger partial charge in [0.2, 0.25) is 0 Å². The van der Waals surface area contributed by atoms with Crippen molar-refractivity contribution < 1.29 is 13.9 Å². The molecule has 19 heavy (non-hydrogen) atoms. The van der Waals surface area contributed by atoms with Crippen LogP contribution in [0.2, 0.25) is 0 Å². The monoisotopic (exact) mass is 264 g/mol. The molecule has 0 bridgehead atoms. The molecule has 0 aliphatic rings. The van der Waals surface area contributed by atoms with Gasteiger partial charge in [0.1, 0.15) is 11.9 Å². The molecule has 0 aromatic heterocycles.